The molecule has 1 aliphatic rings. The van der Waals surface area contributed by atoms with Crippen LogP contribution in [-0.4, -0.2) is 43.6 Å². The summed E-state index contributed by atoms with van der Waals surface area (Å²) in [5, 5.41) is 6.75. The van der Waals surface area contributed by atoms with Gasteiger partial charge in [0, 0.05) is 38.3 Å². The van der Waals surface area contributed by atoms with Crippen molar-refractivity contribution in [2.45, 2.75) is 59.0 Å². The van der Waals surface area contributed by atoms with Crippen LogP contribution in [0, 0.1) is 13.8 Å². The van der Waals surface area contributed by atoms with Gasteiger partial charge in [0.05, 0.1) is 0 Å². The molecule has 23 heavy (non-hydrogen) atoms. The van der Waals surface area contributed by atoms with E-state index in [1.165, 1.54) is 37.9 Å². The van der Waals surface area contributed by atoms with Gasteiger partial charge in [-0.2, -0.15) is 0 Å². The number of likely N-dealkylation sites (tertiary alicyclic amines) is 1. The molecule has 1 aliphatic heterocycles. The van der Waals surface area contributed by atoms with Crippen molar-refractivity contribution in [3.8, 4) is 0 Å². The van der Waals surface area contributed by atoms with Gasteiger partial charge in [-0.05, 0) is 52.6 Å². The van der Waals surface area contributed by atoms with Crippen LogP contribution in [0.2, 0.25) is 0 Å². The lowest BCUT2D eigenvalue weighted by Gasteiger charge is -2.33. The van der Waals surface area contributed by atoms with Crippen molar-refractivity contribution in [3.63, 3.8) is 0 Å². The maximum atomic E-state index is 5.55. The van der Waals surface area contributed by atoms with Crippen LogP contribution < -0.4 is 10.6 Å². The third kappa shape index (κ3) is 5.57. The van der Waals surface area contributed by atoms with Crippen molar-refractivity contribution in [3.05, 3.63) is 23.2 Å². The van der Waals surface area contributed by atoms with E-state index >= 15 is 0 Å². The average molecular weight is 320 g/mol. The van der Waals surface area contributed by atoms with Gasteiger partial charge in [0.1, 0.15) is 11.5 Å². The zero-order valence-corrected chi connectivity index (χ0v) is 15.1. The van der Waals surface area contributed by atoms with Crippen LogP contribution in [0.15, 0.2) is 15.5 Å². The zero-order valence-electron chi connectivity index (χ0n) is 15.1. The topological polar surface area (TPSA) is 52.8 Å². The fourth-order valence-corrected chi connectivity index (χ4v) is 3.24. The van der Waals surface area contributed by atoms with Gasteiger partial charge >= 0.3 is 0 Å². The molecule has 0 saturated carbocycles. The molecule has 130 valence electrons. The molecular formula is C18H32N4O. The van der Waals surface area contributed by atoms with E-state index in [4.69, 9.17) is 4.42 Å². The molecule has 2 rings (SSSR count). The number of guanidine groups is 1. The predicted octanol–water partition coefficient (Wildman–Crippen LogP) is 2.83. The van der Waals surface area contributed by atoms with Crippen LogP contribution in [0.1, 0.15) is 49.7 Å². The summed E-state index contributed by atoms with van der Waals surface area (Å²) < 4.78 is 5.55. The Bertz CT molecular complexity index is 509. The van der Waals surface area contributed by atoms with Gasteiger partial charge in [0.25, 0.3) is 0 Å². The number of piperidine rings is 1. The molecule has 1 unspecified atom stereocenters. The summed E-state index contributed by atoms with van der Waals surface area (Å²) in [6.07, 6.45) is 5.23. The highest BCUT2D eigenvalue weighted by molar-refractivity contribution is 5.79. The van der Waals surface area contributed by atoms with Crippen molar-refractivity contribution >= 4 is 5.96 Å². The molecule has 2 heterocycles. The van der Waals surface area contributed by atoms with E-state index in [1.54, 1.807) is 0 Å². The monoisotopic (exact) mass is 320 g/mol. The van der Waals surface area contributed by atoms with Crippen LogP contribution >= 0.6 is 0 Å². The molecule has 1 aromatic rings. The molecule has 1 atom stereocenters. The van der Waals surface area contributed by atoms with Gasteiger partial charge in [-0.15, -0.1) is 0 Å². The molecule has 1 aromatic heterocycles. The zero-order chi connectivity index (χ0) is 16.7. The van der Waals surface area contributed by atoms with Crippen LogP contribution in [0.4, 0.5) is 0 Å². The van der Waals surface area contributed by atoms with Crippen molar-refractivity contribution in [2.24, 2.45) is 4.99 Å². The minimum absolute atomic E-state index is 0.742. The molecular weight excluding hydrogens is 288 g/mol. The van der Waals surface area contributed by atoms with E-state index in [-0.39, 0.29) is 0 Å². The SMILES string of the molecule is CN=C(NCCCN1CCCCC1C)NCc1cc(C)oc1C. The number of nitrogens with zero attached hydrogens (tertiary/aromatic N) is 2. The maximum absolute atomic E-state index is 5.55. The Morgan fingerprint density at radius 2 is 2.17 bits per heavy atom. The fourth-order valence-electron chi connectivity index (χ4n) is 3.24. The molecule has 0 bridgehead atoms. The van der Waals surface area contributed by atoms with Crippen molar-refractivity contribution in [1.82, 2.24) is 15.5 Å². The lowest BCUT2D eigenvalue weighted by molar-refractivity contribution is 0.159. The summed E-state index contributed by atoms with van der Waals surface area (Å²) in [6, 6.07) is 2.82. The van der Waals surface area contributed by atoms with Crippen LogP contribution in [0.25, 0.3) is 0 Å². The average Bonchev–Trinajstić information content (AvgIpc) is 2.86. The first-order valence-corrected chi connectivity index (χ1v) is 8.84. The Kier molecular flexibility index (Phi) is 6.96. The molecule has 5 heteroatoms. The summed E-state index contributed by atoms with van der Waals surface area (Å²) in [4.78, 5) is 6.90. The minimum Gasteiger partial charge on any atom is -0.466 e. The first-order chi connectivity index (χ1) is 11.1. The van der Waals surface area contributed by atoms with E-state index < -0.39 is 0 Å². The summed E-state index contributed by atoms with van der Waals surface area (Å²) in [6.45, 7) is 10.4. The van der Waals surface area contributed by atoms with Crippen molar-refractivity contribution in [1.29, 1.82) is 0 Å². The molecule has 5 nitrogen and oxygen atoms in total. The number of aryl methyl sites for hydroxylation is 2. The molecule has 0 aliphatic carbocycles. The standard InChI is InChI=1S/C18H32N4O/c1-14-8-5-6-10-22(14)11-7-9-20-18(19-4)21-13-17-12-15(2)23-16(17)3/h12,14H,5-11,13H2,1-4H3,(H2,19,20,21). The van der Waals surface area contributed by atoms with E-state index in [0.29, 0.717) is 0 Å². The quantitative estimate of drug-likeness (QED) is 0.481. The fraction of sp³-hybridized carbons (Fsp3) is 0.722. The van der Waals surface area contributed by atoms with E-state index in [1.807, 2.05) is 20.9 Å². The summed E-state index contributed by atoms with van der Waals surface area (Å²) >= 11 is 0. The third-order valence-electron chi connectivity index (χ3n) is 4.67. The second kappa shape index (κ2) is 8.96. The molecule has 2 N–H and O–H groups in total. The Labute approximate surface area is 140 Å². The first-order valence-electron chi connectivity index (χ1n) is 8.84. The van der Waals surface area contributed by atoms with E-state index in [9.17, 15) is 0 Å². The van der Waals surface area contributed by atoms with Gasteiger partial charge in [-0.25, -0.2) is 0 Å². The van der Waals surface area contributed by atoms with Gasteiger partial charge in [-0.1, -0.05) is 6.42 Å². The second-order valence-corrected chi connectivity index (χ2v) is 6.53. The molecule has 0 radical (unpaired) electrons. The maximum Gasteiger partial charge on any atom is 0.191 e. The van der Waals surface area contributed by atoms with E-state index in [0.717, 1.165) is 43.0 Å². The molecule has 1 fully saturated rings. The Balaban J connectivity index is 1.66. The number of furan rings is 1. The smallest absolute Gasteiger partial charge is 0.191 e. The highest BCUT2D eigenvalue weighted by atomic mass is 16.3. The second-order valence-electron chi connectivity index (χ2n) is 6.53. The van der Waals surface area contributed by atoms with Crippen LogP contribution in [0.5, 0.6) is 0 Å². The molecule has 1 saturated heterocycles. The third-order valence-corrected chi connectivity index (χ3v) is 4.67. The van der Waals surface area contributed by atoms with Gasteiger partial charge in [-0.3, -0.25) is 4.99 Å². The Morgan fingerprint density at radius 3 is 2.83 bits per heavy atom. The highest BCUT2D eigenvalue weighted by Gasteiger charge is 2.17. The van der Waals surface area contributed by atoms with Crippen LogP contribution in [0.3, 0.4) is 0 Å². The number of nitrogens with one attached hydrogen (secondary N) is 2. The molecule has 0 aromatic carbocycles. The summed E-state index contributed by atoms with van der Waals surface area (Å²) in [7, 11) is 1.81. The van der Waals surface area contributed by atoms with Gasteiger partial charge < -0.3 is 20.0 Å². The minimum atomic E-state index is 0.742. The van der Waals surface area contributed by atoms with Crippen LogP contribution in [-0.2, 0) is 6.54 Å². The van der Waals surface area contributed by atoms with Crippen molar-refractivity contribution in [2.75, 3.05) is 26.7 Å². The molecule has 0 amide bonds. The van der Waals surface area contributed by atoms with Crippen molar-refractivity contribution < 1.29 is 4.42 Å². The number of hydrogen-bond donors (Lipinski definition) is 2. The first kappa shape index (κ1) is 17.9. The summed E-state index contributed by atoms with van der Waals surface area (Å²) in [5.41, 5.74) is 1.19. The largest absolute Gasteiger partial charge is 0.466 e. The highest BCUT2D eigenvalue weighted by Crippen LogP contribution is 2.16. The van der Waals surface area contributed by atoms with E-state index in [2.05, 4.69) is 33.5 Å². The van der Waals surface area contributed by atoms with Gasteiger partial charge in [0.2, 0.25) is 0 Å². The number of hydrogen-bond acceptors (Lipinski definition) is 3. The lowest BCUT2D eigenvalue weighted by atomic mass is 10.0. The number of aliphatic imine (C=N–C) groups is 1. The normalized spacial score (nSPS) is 19.8. The molecule has 0 spiro atoms. The predicted molar refractivity (Wildman–Crippen MR) is 95.9 cm³/mol. The van der Waals surface area contributed by atoms with Gasteiger partial charge in [0.15, 0.2) is 5.96 Å². The lowest BCUT2D eigenvalue weighted by Crippen LogP contribution is -2.41. The summed E-state index contributed by atoms with van der Waals surface area (Å²) in [5.74, 6) is 2.79. The Morgan fingerprint density at radius 1 is 1.35 bits per heavy atom. The Hall–Kier alpha value is -1.49. The number of rotatable bonds is 6.